The number of nitrogens with zero attached hydrogens (tertiary/aromatic N) is 3. The minimum Gasteiger partial charge on any atom is -0.382 e. The molecule has 0 spiro atoms. The van der Waals surface area contributed by atoms with Gasteiger partial charge in [-0.05, 0) is 68.6 Å². The van der Waals surface area contributed by atoms with Crippen LogP contribution in [0.3, 0.4) is 0 Å². The highest BCUT2D eigenvalue weighted by molar-refractivity contribution is 5.95. The number of nitrogens with one attached hydrogen (secondary N) is 1. The number of para-hydroxylation sites is 2. The first-order chi connectivity index (χ1) is 22.9. The number of hydrogen-bond acceptors (Lipinski definition) is 6. The van der Waals surface area contributed by atoms with Crippen molar-refractivity contribution in [2.75, 3.05) is 63.4 Å². The molecule has 0 unspecified atom stereocenters. The summed E-state index contributed by atoms with van der Waals surface area (Å²) in [7, 11) is 3.45. The van der Waals surface area contributed by atoms with Crippen molar-refractivity contribution in [3.8, 4) is 0 Å². The number of likely N-dealkylation sites (tertiary alicyclic amines) is 1. The number of carbonyl (C=O) groups is 2. The molecule has 48 heavy (non-hydrogen) atoms. The first-order valence-electron chi connectivity index (χ1n) is 17.1. The highest BCUT2D eigenvalue weighted by atomic mass is 35.5. The summed E-state index contributed by atoms with van der Waals surface area (Å²) in [6, 6.07) is 30.6. The molecule has 2 saturated heterocycles. The number of anilines is 2. The monoisotopic (exact) mass is 678 g/mol. The van der Waals surface area contributed by atoms with Crippen LogP contribution in [0, 0.1) is 0 Å². The zero-order chi connectivity index (χ0) is 33.5. The Morgan fingerprint density at radius 1 is 0.667 bits per heavy atom. The van der Waals surface area contributed by atoms with Crippen LogP contribution in [0.1, 0.15) is 57.9 Å². The summed E-state index contributed by atoms with van der Waals surface area (Å²) in [6.45, 7) is 9.70. The van der Waals surface area contributed by atoms with E-state index in [2.05, 4.69) is 40.5 Å². The number of carbonyl (C=O) groups excluding carboxylic acids is 2. The van der Waals surface area contributed by atoms with Crippen LogP contribution >= 0.6 is 12.4 Å². The third-order valence-electron chi connectivity index (χ3n) is 9.48. The van der Waals surface area contributed by atoms with E-state index in [4.69, 9.17) is 9.47 Å². The van der Waals surface area contributed by atoms with Gasteiger partial charge >= 0.3 is 0 Å². The molecule has 2 heterocycles. The highest BCUT2D eigenvalue weighted by Crippen LogP contribution is 2.35. The first kappa shape index (κ1) is 39.2. The Bertz CT molecular complexity index is 1340. The van der Waals surface area contributed by atoms with Gasteiger partial charge in [0.2, 0.25) is 11.8 Å². The lowest BCUT2D eigenvalue weighted by Gasteiger charge is -2.48. The minimum absolute atomic E-state index is 0. The summed E-state index contributed by atoms with van der Waals surface area (Å²) in [6.07, 6.45) is 4.66. The van der Waals surface area contributed by atoms with Crippen molar-refractivity contribution in [3.63, 3.8) is 0 Å². The van der Waals surface area contributed by atoms with E-state index in [0.717, 1.165) is 69.8 Å². The van der Waals surface area contributed by atoms with Gasteiger partial charge in [0.15, 0.2) is 0 Å². The van der Waals surface area contributed by atoms with Gasteiger partial charge in [-0.1, -0.05) is 80.6 Å². The van der Waals surface area contributed by atoms with Gasteiger partial charge in [-0.2, -0.15) is 0 Å². The standard InChI is InChI=1S/C23H30N2O2.C16H24N2O2.ClH/c1-3-22(26)25(21-12-8-5-9-13-21)23(19-27-2)14-16-24(17-15-23)18-20-10-6-4-7-11-20;1-3-15(19)18(14-7-5-4-6-8-14)16(13-20-2)9-11-17-12-10-16;/h4-13H,3,14-19H2,1-2H3;4-8,17H,3,9-13H2,1-2H3;1H. The molecule has 0 bridgehead atoms. The highest BCUT2D eigenvalue weighted by Gasteiger charge is 2.43. The molecule has 2 aliphatic heterocycles. The van der Waals surface area contributed by atoms with Crippen LogP contribution in [-0.4, -0.2) is 81.4 Å². The normalized spacial score (nSPS) is 16.8. The van der Waals surface area contributed by atoms with Crippen molar-refractivity contribution in [3.05, 3.63) is 96.6 Å². The van der Waals surface area contributed by atoms with Crippen LogP contribution in [0.15, 0.2) is 91.0 Å². The molecule has 2 fully saturated rings. The van der Waals surface area contributed by atoms with E-state index >= 15 is 0 Å². The number of piperidine rings is 2. The SMILES string of the molecule is CCC(=O)N(c1ccccc1)C1(COC)CCN(Cc2ccccc2)CC1.CCC(=O)N(c1ccccc1)C1(COC)CCNCC1.Cl. The van der Waals surface area contributed by atoms with Crippen molar-refractivity contribution in [1.82, 2.24) is 10.2 Å². The minimum atomic E-state index is -0.281. The Balaban J connectivity index is 0.000000266. The average molecular weight is 679 g/mol. The number of rotatable bonds is 12. The Kier molecular flexibility index (Phi) is 16.0. The Labute approximate surface area is 294 Å². The summed E-state index contributed by atoms with van der Waals surface area (Å²) >= 11 is 0. The maximum Gasteiger partial charge on any atom is 0.227 e. The zero-order valence-corrected chi connectivity index (χ0v) is 30.1. The molecule has 2 amide bonds. The van der Waals surface area contributed by atoms with Gasteiger partial charge in [0.05, 0.1) is 24.3 Å². The molecule has 262 valence electrons. The largest absolute Gasteiger partial charge is 0.382 e. The number of ether oxygens (including phenoxy) is 2. The zero-order valence-electron chi connectivity index (χ0n) is 29.2. The fourth-order valence-electron chi connectivity index (χ4n) is 7.10. The van der Waals surface area contributed by atoms with Crippen LogP contribution < -0.4 is 15.1 Å². The quantitative estimate of drug-likeness (QED) is 0.229. The predicted octanol–water partition coefficient (Wildman–Crippen LogP) is 6.73. The van der Waals surface area contributed by atoms with E-state index in [-0.39, 0.29) is 35.3 Å². The second-order valence-corrected chi connectivity index (χ2v) is 12.7. The lowest BCUT2D eigenvalue weighted by atomic mass is 9.85. The van der Waals surface area contributed by atoms with E-state index in [0.29, 0.717) is 26.1 Å². The fraction of sp³-hybridized carbons (Fsp3) is 0.487. The van der Waals surface area contributed by atoms with E-state index < -0.39 is 0 Å². The lowest BCUT2D eigenvalue weighted by Crippen LogP contribution is -2.60. The molecule has 0 atom stereocenters. The number of amides is 2. The number of halogens is 1. The Morgan fingerprint density at radius 2 is 1.06 bits per heavy atom. The molecule has 2 aliphatic rings. The van der Waals surface area contributed by atoms with Crippen molar-refractivity contribution in [1.29, 1.82) is 0 Å². The third kappa shape index (κ3) is 9.89. The number of methoxy groups -OCH3 is 2. The molecule has 3 aromatic carbocycles. The summed E-state index contributed by atoms with van der Waals surface area (Å²) < 4.78 is 11.1. The Hall–Kier alpha value is -3.27. The van der Waals surface area contributed by atoms with Crippen molar-refractivity contribution in [2.24, 2.45) is 0 Å². The number of benzene rings is 3. The van der Waals surface area contributed by atoms with E-state index in [1.54, 1.807) is 14.2 Å². The topological polar surface area (TPSA) is 74.4 Å². The van der Waals surface area contributed by atoms with Gasteiger partial charge in [-0.3, -0.25) is 14.5 Å². The Morgan fingerprint density at radius 3 is 1.46 bits per heavy atom. The smallest absolute Gasteiger partial charge is 0.227 e. The molecule has 0 saturated carbocycles. The first-order valence-corrected chi connectivity index (χ1v) is 17.1. The van der Waals surface area contributed by atoms with Gasteiger partial charge in [0, 0.05) is 58.1 Å². The summed E-state index contributed by atoms with van der Waals surface area (Å²) in [5, 5.41) is 3.37. The van der Waals surface area contributed by atoms with Gasteiger partial charge in [0.25, 0.3) is 0 Å². The molecular weight excluding hydrogens is 624 g/mol. The maximum atomic E-state index is 12.9. The second kappa shape index (κ2) is 19.7. The molecule has 0 aromatic heterocycles. The average Bonchev–Trinajstić information content (AvgIpc) is 3.11. The van der Waals surface area contributed by atoms with Crippen LogP contribution in [0.5, 0.6) is 0 Å². The summed E-state index contributed by atoms with van der Waals surface area (Å²) in [5.74, 6) is 0.324. The van der Waals surface area contributed by atoms with Crippen molar-refractivity contribution < 1.29 is 19.1 Å². The van der Waals surface area contributed by atoms with Gasteiger partial charge in [-0.15, -0.1) is 12.4 Å². The lowest BCUT2D eigenvalue weighted by molar-refractivity contribution is -0.121. The molecule has 0 radical (unpaired) electrons. The molecule has 1 N–H and O–H groups in total. The maximum absolute atomic E-state index is 12.9. The van der Waals surface area contributed by atoms with Crippen LogP contribution in [0.2, 0.25) is 0 Å². The molecular formula is C39H55ClN4O4. The van der Waals surface area contributed by atoms with Crippen LogP contribution in [-0.2, 0) is 25.6 Å². The molecule has 0 aliphatic carbocycles. The van der Waals surface area contributed by atoms with E-state index in [9.17, 15) is 9.59 Å². The van der Waals surface area contributed by atoms with E-state index in [1.807, 2.05) is 84.3 Å². The van der Waals surface area contributed by atoms with Crippen molar-refractivity contribution in [2.45, 2.75) is 70.0 Å². The third-order valence-corrected chi connectivity index (χ3v) is 9.48. The van der Waals surface area contributed by atoms with Gasteiger partial charge in [0.1, 0.15) is 0 Å². The van der Waals surface area contributed by atoms with Gasteiger partial charge in [-0.25, -0.2) is 0 Å². The summed E-state index contributed by atoms with van der Waals surface area (Å²) in [5.41, 5.74) is 2.77. The molecule has 8 nitrogen and oxygen atoms in total. The van der Waals surface area contributed by atoms with E-state index in [1.165, 1.54) is 5.56 Å². The van der Waals surface area contributed by atoms with Gasteiger partial charge < -0.3 is 24.6 Å². The van der Waals surface area contributed by atoms with Crippen LogP contribution in [0.4, 0.5) is 11.4 Å². The second-order valence-electron chi connectivity index (χ2n) is 12.7. The summed E-state index contributed by atoms with van der Waals surface area (Å²) in [4.78, 5) is 31.9. The molecule has 5 rings (SSSR count). The molecule has 3 aromatic rings. The van der Waals surface area contributed by atoms with Crippen molar-refractivity contribution >= 4 is 35.6 Å². The molecule has 9 heteroatoms. The number of hydrogen-bond donors (Lipinski definition) is 1. The predicted molar refractivity (Wildman–Crippen MR) is 198 cm³/mol. The van der Waals surface area contributed by atoms with Crippen LogP contribution in [0.25, 0.3) is 0 Å². The fourth-order valence-corrected chi connectivity index (χ4v) is 7.10.